The van der Waals surface area contributed by atoms with E-state index in [-0.39, 0.29) is 11.7 Å². The van der Waals surface area contributed by atoms with Gasteiger partial charge in [0.1, 0.15) is 11.6 Å². The SMILES string of the molecule is CC(C)COc1ccc(NC(=O)/C=C/c2cccc(F)c2)cc1. The summed E-state index contributed by atoms with van der Waals surface area (Å²) in [5.41, 5.74) is 1.31. The van der Waals surface area contributed by atoms with Crippen LogP contribution >= 0.6 is 0 Å². The van der Waals surface area contributed by atoms with E-state index in [1.54, 1.807) is 30.3 Å². The van der Waals surface area contributed by atoms with Gasteiger partial charge in [-0.1, -0.05) is 26.0 Å². The molecule has 2 aromatic carbocycles. The molecular formula is C19H20FNO2. The molecule has 1 N–H and O–H groups in total. The Kier molecular flexibility index (Phi) is 5.92. The van der Waals surface area contributed by atoms with E-state index in [9.17, 15) is 9.18 Å². The van der Waals surface area contributed by atoms with Crippen LogP contribution in [-0.4, -0.2) is 12.5 Å². The predicted octanol–water partition coefficient (Wildman–Crippen LogP) is 4.51. The summed E-state index contributed by atoms with van der Waals surface area (Å²) < 4.78 is 18.6. The highest BCUT2D eigenvalue weighted by atomic mass is 19.1. The number of anilines is 1. The van der Waals surface area contributed by atoms with Crippen molar-refractivity contribution >= 4 is 17.7 Å². The Morgan fingerprint density at radius 2 is 1.96 bits per heavy atom. The molecule has 0 bridgehead atoms. The second kappa shape index (κ2) is 8.13. The van der Waals surface area contributed by atoms with Crippen LogP contribution in [0.15, 0.2) is 54.6 Å². The second-order valence-corrected chi connectivity index (χ2v) is 5.61. The van der Waals surface area contributed by atoms with Gasteiger partial charge < -0.3 is 10.1 Å². The molecule has 0 aromatic heterocycles. The quantitative estimate of drug-likeness (QED) is 0.797. The third kappa shape index (κ3) is 5.94. The number of halogens is 1. The molecule has 0 aliphatic heterocycles. The van der Waals surface area contributed by atoms with Gasteiger partial charge >= 0.3 is 0 Å². The van der Waals surface area contributed by atoms with Crippen LogP contribution in [-0.2, 0) is 4.79 Å². The van der Waals surface area contributed by atoms with Crippen LogP contribution in [0.5, 0.6) is 5.75 Å². The Morgan fingerprint density at radius 3 is 2.61 bits per heavy atom. The molecule has 2 rings (SSSR count). The lowest BCUT2D eigenvalue weighted by Gasteiger charge is -2.09. The number of carbonyl (C=O) groups is 1. The summed E-state index contributed by atoms with van der Waals surface area (Å²) in [5.74, 6) is 0.629. The Bertz CT molecular complexity index is 678. The van der Waals surface area contributed by atoms with E-state index in [1.165, 1.54) is 18.2 Å². The number of benzene rings is 2. The van der Waals surface area contributed by atoms with Crippen LogP contribution in [0.4, 0.5) is 10.1 Å². The monoisotopic (exact) mass is 313 g/mol. The lowest BCUT2D eigenvalue weighted by molar-refractivity contribution is -0.111. The van der Waals surface area contributed by atoms with Gasteiger partial charge in [0.2, 0.25) is 5.91 Å². The van der Waals surface area contributed by atoms with Gasteiger partial charge in [0, 0.05) is 11.8 Å². The highest BCUT2D eigenvalue weighted by Crippen LogP contribution is 2.16. The second-order valence-electron chi connectivity index (χ2n) is 5.61. The van der Waals surface area contributed by atoms with Crippen molar-refractivity contribution in [1.82, 2.24) is 0 Å². The first kappa shape index (κ1) is 16.7. The maximum Gasteiger partial charge on any atom is 0.248 e. The molecule has 1 amide bonds. The zero-order valence-corrected chi connectivity index (χ0v) is 13.3. The summed E-state index contributed by atoms with van der Waals surface area (Å²) >= 11 is 0. The minimum absolute atomic E-state index is 0.273. The minimum atomic E-state index is -0.329. The molecule has 0 radical (unpaired) electrons. The van der Waals surface area contributed by atoms with Crippen LogP contribution < -0.4 is 10.1 Å². The first-order valence-corrected chi connectivity index (χ1v) is 7.50. The van der Waals surface area contributed by atoms with Gasteiger partial charge in [-0.05, 0) is 54.0 Å². The van der Waals surface area contributed by atoms with E-state index in [0.717, 1.165) is 5.75 Å². The molecule has 0 saturated heterocycles. The van der Waals surface area contributed by atoms with Crippen LogP contribution in [0, 0.1) is 11.7 Å². The highest BCUT2D eigenvalue weighted by molar-refractivity contribution is 6.01. The lowest BCUT2D eigenvalue weighted by atomic mass is 10.2. The fraction of sp³-hybridized carbons (Fsp3) is 0.211. The molecule has 2 aromatic rings. The maximum absolute atomic E-state index is 13.0. The highest BCUT2D eigenvalue weighted by Gasteiger charge is 2.00. The van der Waals surface area contributed by atoms with Crippen molar-refractivity contribution < 1.29 is 13.9 Å². The molecule has 3 nitrogen and oxygen atoms in total. The summed E-state index contributed by atoms with van der Waals surface area (Å²) in [4.78, 5) is 11.8. The van der Waals surface area contributed by atoms with Gasteiger partial charge in [-0.25, -0.2) is 4.39 Å². The standard InChI is InChI=1S/C19H20FNO2/c1-14(2)13-23-18-9-7-17(8-10-18)21-19(22)11-6-15-4-3-5-16(20)12-15/h3-12,14H,13H2,1-2H3,(H,21,22)/b11-6+. The topological polar surface area (TPSA) is 38.3 Å². The summed E-state index contributed by atoms with van der Waals surface area (Å²) in [7, 11) is 0. The number of nitrogens with one attached hydrogen (secondary N) is 1. The average Bonchev–Trinajstić information content (AvgIpc) is 2.52. The molecular weight excluding hydrogens is 293 g/mol. The molecule has 0 unspecified atom stereocenters. The van der Waals surface area contributed by atoms with Gasteiger partial charge in [-0.15, -0.1) is 0 Å². The van der Waals surface area contributed by atoms with E-state index in [1.807, 2.05) is 12.1 Å². The van der Waals surface area contributed by atoms with Crippen molar-refractivity contribution in [1.29, 1.82) is 0 Å². The van der Waals surface area contributed by atoms with Gasteiger partial charge in [0.15, 0.2) is 0 Å². The molecule has 0 spiro atoms. The van der Waals surface area contributed by atoms with E-state index in [2.05, 4.69) is 19.2 Å². The zero-order chi connectivity index (χ0) is 16.7. The van der Waals surface area contributed by atoms with Crippen molar-refractivity contribution in [2.24, 2.45) is 5.92 Å². The van der Waals surface area contributed by atoms with Crippen LogP contribution in [0.3, 0.4) is 0 Å². The molecule has 23 heavy (non-hydrogen) atoms. The molecule has 0 saturated carbocycles. The third-order valence-corrected chi connectivity index (χ3v) is 2.98. The fourth-order valence-electron chi connectivity index (χ4n) is 1.86. The van der Waals surface area contributed by atoms with Crippen LogP contribution in [0.2, 0.25) is 0 Å². The van der Waals surface area contributed by atoms with E-state index < -0.39 is 0 Å². The summed E-state index contributed by atoms with van der Waals surface area (Å²) in [6.45, 7) is 4.82. The Balaban J connectivity index is 1.90. The van der Waals surface area contributed by atoms with Gasteiger partial charge in [0.05, 0.1) is 6.61 Å². The number of ether oxygens (including phenoxy) is 1. The summed E-state index contributed by atoms with van der Waals surface area (Å²) in [5, 5.41) is 2.74. The van der Waals surface area contributed by atoms with E-state index >= 15 is 0 Å². The number of carbonyl (C=O) groups excluding carboxylic acids is 1. The number of amides is 1. The fourth-order valence-corrected chi connectivity index (χ4v) is 1.86. The van der Waals surface area contributed by atoms with Gasteiger partial charge in [0.25, 0.3) is 0 Å². The van der Waals surface area contributed by atoms with E-state index in [0.29, 0.717) is 23.8 Å². The molecule has 0 fully saturated rings. The van der Waals surface area contributed by atoms with Crippen molar-refractivity contribution in [3.8, 4) is 5.75 Å². The smallest absolute Gasteiger partial charge is 0.248 e. The molecule has 0 heterocycles. The van der Waals surface area contributed by atoms with Crippen LogP contribution in [0.1, 0.15) is 19.4 Å². The predicted molar refractivity (Wildman–Crippen MR) is 90.8 cm³/mol. The van der Waals surface area contributed by atoms with Gasteiger partial charge in [-0.2, -0.15) is 0 Å². The Hall–Kier alpha value is -2.62. The number of hydrogen-bond acceptors (Lipinski definition) is 2. The number of rotatable bonds is 6. The minimum Gasteiger partial charge on any atom is -0.493 e. The summed E-state index contributed by atoms with van der Waals surface area (Å²) in [6, 6.07) is 13.2. The van der Waals surface area contributed by atoms with Crippen molar-refractivity contribution in [3.05, 3.63) is 66.0 Å². The molecule has 0 atom stereocenters. The largest absolute Gasteiger partial charge is 0.493 e. The summed E-state index contributed by atoms with van der Waals surface area (Å²) in [6.07, 6.45) is 2.94. The van der Waals surface area contributed by atoms with Gasteiger partial charge in [-0.3, -0.25) is 4.79 Å². The first-order chi connectivity index (χ1) is 11.0. The van der Waals surface area contributed by atoms with Crippen LogP contribution in [0.25, 0.3) is 6.08 Å². The zero-order valence-electron chi connectivity index (χ0n) is 13.3. The third-order valence-electron chi connectivity index (χ3n) is 2.98. The molecule has 0 aliphatic rings. The lowest BCUT2D eigenvalue weighted by Crippen LogP contribution is -2.08. The van der Waals surface area contributed by atoms with Crippen molar-refractivity contribution in [3.63, 3.8) is 0 Å². The first-order valence-electron chi connectivity index (χ1n) is 7.50. The normalized spacial score (nSPS) is 11.0. The average molecular weight is 313 g/mol. The molecule has 0 aliphatic carbocycles. The Labute approximate surface area is 135 Å². The molecule has 120 valence electrons. The number of hydrogen-bond donors (Lipinski definition) is 1. The molecule has 4 heteroatoms. The van der Waals surface area contributed by atoms with Crippen molar-refractivity contribution in [2.75, 3.05) is 11.9 Å². The van der Waals surface area contributed by atoms with E-state index in [4.69, 9.17) is 4.74 Å². The maximum atomic E-state index is 13.0. The van der Waals surface area contributed by atoms with Crippen molar-refractivity contribution in [2.45, 2.75) is 13.8 Å². The Morgan fingerprint density at radius 1 is 1.22 bits per heavy atom.